The van der Waals surface area contributed by atoms with Crippen molar-refractivity contribution in [2.75, 3.05) is 5.32 Å². The summed E-state index contributed by atoms with van der Waals surface area (Å²) >= 11 is 7.39. The average Bonchev–Trinajstić information content (AvgIpc) is 3.31. The lowest BCUT2D eigenvalue weighted by Gasteiger charge is -2.09. The third-order valence-corrected chi connectivity index (χ3v) is 6.30. The molecule has 0 aliphatic rings. The number of hydrogen-bond acceptors (Lipinski definition) is 4. The van der Waals surface area contributed by atoms with Crippen LogP contribution in [0.1, 0.15) is 45.1 Å². The molecule has 0 atom stereocenters. The first-order valence-electron chi connectivity index (χ1n) is 10.2. The van der Waals surface area contributed by atoms with E-state index in [1.165, 1.54) is 11.3 Å². The lowest BCUT2D eigenvalue weighted by molar-refractivity contribution is 0.0942. The number of aryl methyl sites for hydroxylation is 1. The molecule has 32 heavy (non-hydrogen) atoms. The molecule has 2 aromatic carbocycles. The lowest BCUT2D eigenvalue weighted by Crippen LogP contribution is -2.29. The minimum atomic E-state index is -0.192. The molecule has 0 aliphatic heterocycles. The standard InChI is InChI=1S/C24H23ClN4O2S/c1-14(2)26-22(30)17-6-10-19(11-7-17)27-23(31)21-12-20-15(3)28-29(24(20)32-21)13-16-4-8-18(25)9-5-16/h4-12,14H,13H2,1-3H3,(H,26,30)(H,27,31). The highest BCUT2D eigenvalue weighted by Crippen LogP contribution is 2.29. The Bertz CT molecular complexity index is 1270. The van der Waals surface area contributed by atoms with Crippen molar-refractivity contribution in [2.45, 2.75) is 33.4 Å². The second-order valence-corrected chi connectivity index (χ2v) is 9.33. The van der Waals surface area contributed by atoms with Crippen molar-refractivity contribution in [1.29, 1.82) is 0 Å². The van der Waals surface area contributed by atoms with Gasteiger partial charge in [0.05, 0.1) is 17.1 Å². The number of aromatic nitrogens is 2. The molecule has 2 heterocycles. The number of carbonyl (C=O) groups is 2. The Morgan fingerprint density at radius 2 is 1.75 bits per heavy atom. The summed E-state index contributed by atoms with van der Waals surface area (Å²) in [5, 5.41) is 12.0. The van der Waals surface area contributed by atoms with Crippen LogP contribution in [0, 0.1) is 6.92 Å². The van der Waals surface area contributed by atoms with Gasteiger partial charge in [0.1, 0.15) is 4.83 Å². The smallest absolute Gasteiger partial charge is 0.265 e. The molecule has 0 spiro atoms. The van der Waals surface area contributed by atoms with E-state index in [4.69, 9.17) is 11.6 Å². The summed E-state index contributed by atoms with van der Waals surface area (Å²) in [5.41, 5.74) is 3.15. The Labute approximate surface area is 195 Å². The summed E-state index contributed by atoms with van der Waals surface area (Å²) in [5.74, 6) is -0.328. The van der Waals surface area contributed by atoms with E-state index in [1.54, 1.807) is 24.3 Å². The van der Waals surface area contributed by atoms with Gasteiger partial charge in [-0.2, -0.15) is 5.10 Å². The molecule has 0 radical (unpaired) electrons. The van der Waals surface area contributed by atoms with E-state index in [0.717, 1.165) is 21.5 Å². The molecule has 0 fully saturated rings. The molecule has 2 aromatic heterocycles. The first-order chi connectivity index (χ1) is 15.3. The number of benzene rings is 2. The van der Waals surface area contributed by atoms with Crippen LogP contribution >= 0.6 is 22.9 Å². The van der Waals surface area contributed by atoms with Crippen molar-refractivity contribution >= 4 is 50.7 Å². The molecular formula is C24H23ClN4O2S. The largest absolute Gasteiger partial charge is 0.350 e. The summed E-state index contributed by atoms with van der Waals surface area (Å²) in [6, 6.07) is 16.5. The predicted octanol–water partition coefficient (Wildman–Crippen LogP) is 5.50. The van der Waals surface area contributed by atoms with Gasteiger partial charge in [-0.25, -0.2) is 0 Å². The fourth-order valence-electron chi connectivity index (χ4n) is 3.34. The van der Waals surface area contributed by atoms with Crippen LogP contribution in [0.15, 0.2) is 54.6 Å². The van der Waals surface area contributed by atoms with Gasteiger partial charge in [-0.05, 0) is 68.8 Å². The molecule has 0 saturated carbocycles. The van der Waals surface area contributed by atoms with E-state index < -0.39 is 0 Å². The molecule has 4 rings (SSSR count). The number of halogens is 1. The Hall–Kier alpha value is -3.16. The fourth-order valence-corrected chi connectivity index (χ4v) is 4.52. The van der Waals surface area contributed by atoms with Gasteiger partial charge in [0.2, 0.25) is 0 Å². The van der Waals surface area contributed by atoms with Gasteiger partial charge >= 0.3 is 0 Å². The van der Waals surface area contributed by atoms with Crippen molar-refractivity contribution in [3.05, 3.63) is 81.3 Å². The number of hydrogen-bond donors (Lipinski definition) is 2. The van der Waals surface area contributed by atoms with Gasteiger partial charge in [0.15, 0.2) is 0 Å². The van der Waals surface area contributed by atoms with Gasteiger partial charge < -0.3 is 10.6 Å². The van der Waals surface area contributed by atoms with E-state index in [1.807, 2.05) is 55.8 Å². The van der Waals surface area contributed by atoms with Gasteiger partial charge in [0.25, 0.3) is 11.8 Å². The van der Waals surface area contributed by atoms with Crippen LogP contribution in [0.3, 0.4) is 0 Å². The van der Waals surface area contributed by atoms with E-state index in [2.05, 4.69) is 15.7 Å². The number of nitrogens with one attached hydrogen (secondary N) is 2. The highest BCUT2D eigenvalue weighted by molar-refractivity contribution is 7.20. The number of rotatable bonds is 6. The second kappa shape index (κ2) is 9.14. The molecular weight excluding hydrogens is 444 g/mol. The average molecular weight is 467 g/mol. The SMILES string of the molecule is Cc1nn(Cc2ccc(Cl)cc2)c2sc(C(=O)Nc3ccc(C(=O)NC(C)C)cc3)cc12. The molecule has 0 saturated heterocycles. The van der Waals surface area contributed by atoms with E-state index in [0.29, 0.717) is 27.7 Å². The highest BCUT2D eigenvalue weighted by atomic mass is 35.5. The quantitative estimate of drug-likeness (QED) is 0.394. The fraction of sp³-hybridized carbons (Fsp3) is 0.208. The predicted molar refractivity (Wildman–Crippen MR) is 130 cm³/mol. The number of nitrogens with zero attached hydrogens (tertiary/aromatic N) is 2. The first-order valence-corrected chi connectivity index (χ1v) is 11.4. The molecule has 0 aliphatic carbocycles. The normalized spacial score (nSPS) is 11.2. The molecule has 8 heteroatoms. The van der Waals surface area contributed by atoms with Crippen LogP contribution in [0.25, 0.3) is 10.2 Å². The minimum absolute atomic E-state index is 0.0638. The van der Waals surface area contributed by atoms with Crippen LogP contribution in [0.4, 0.5) is 5.69 Å². The van der Waals surface area contributed by atoms with Crippen molar-refractivity contribution < 1.29 is 9.59 Å². The van der Waals surface area contributed by atoms with Gasteiger partial charge in [0, 0.05) is 27.7 Å². The Morgan fingerprint density at radius 3 is 2.41 bits per heavy atom. The van der Waals surface area contributed by atoms with E-state index in [-0.39, 0.29) is 17.9 Å². The topological polar surface area (TPSA) is 76.0 Å². The molecule has 6 nitrogen and oxygen atoms in total. The summed E-state index contributed by atoms with van der Waals surface area (Å²) < 4.78 is 1.91. The second-order valence-electron chi connectivity index (χ2n) is 7.86. The zero-order valence-electron chi connectivity index (χ0n) is 18.0. The Morgan fingerprint density at radius 1 is 1.06 bits per heavy atom. The summed E-state index contributed by atoms with van der Waals surface area (Å²) in [4.78, 5) is 26.5. The third-order valence-electron chi connectivity index (χ3n) is 4.90. The Balaban J connectivity index is 1.50. The zero-order valence-corrected chi connectivity index (χ0v) is 19.6. The maximum Gasteiger partial charge on any atom is 0.265 e. The highest BCUT2D eigenvalue weighted by Gasteiger charge is 2.17. The van der Waals surface area contributed by atoms with Gasteiger partial charge in [-0.15, -0.1) is 11.3 Å². The molecule has 0 bridgehead atoms. The summed E-state index contributed by atoms with van der Waals surface area (Å²) in [6.07, 6.45) is 0. The summed E-state index contributed by atoms with van der Waals surface area (Å²) in [7, 11) is 0. The maximum absolute atomic E-state index is 12.8. The third kappa shape index (κ3) is 4.84. The van der Waals surface area contributed by atoms with Crippen molar-refractivity contribution in [3.63, 3.8) is 0 Å². The summed E-state index contributed by atoms with van der Waals surface area (Å²) in [6.45, 7) is 6.36. The number of carbonyl (C=O) groups excluding carboxylic acids is 2. The maximum atomic E-state index is 12.8. The molecule has 2 N–H and O–H groups in total. The van der Waals surface area contributed by atoms with Crippen molar-refractivity contribution in [3.8, 4) is 0 Å². The van der Waals surface area contributed by atoms with E-state index >= 15 is 0 Å². The minimum Gasteiger partial charge on any atom is -0.350 e. The molecule has 4 aromatic rings. The number of amides is 2. The van der Waals surface area contributed by atoms with Gasteiger partial charge in [-0.1, -0.05) is 23.7 Å². The first kappa shape index (κ1) is 22.0. The van der Waals surface area contributed by atoms with Crippen LogP contribution in [-0.4, -0.2) is 27.6 Å². The lowest BCUT2D eigenvalue weighted by atomic mass is 10.2. The van der Waals surface area contributed by atoms with Crippen molar-refractivity contribution in [1.82, 2.24) is 15.1 Å². The van der Waals surface area contributed by atoms with E-state index in [9.17, 15) is 9.59 Å². The van der Waals surface area contributed by atoms with Crippen molar-refractivity contribution in [2.24, 2.45) is 0 Å². The molecule has 2 amide bonds. The number of thiophene rings is 1. The van der Waals surface area contributed by atoms with Crippen LogP contribution < -0.4 is 10.6 Å². The monoisotopic (exact) mass is 466 g/mol. The Kier molecular flexibility index (Phi) is 6.30. The van der Waals surface area contributed by atoms with Gasteiger partial charge in [-0.3, -0.25) is 14.3 Å². The van der Waals surface area contributed by atoms with Crippen LogP contribution in [0.2, 0.25) is 5.02 Å². The van der Waals surface area contributed by atoms with Crippen LogP contribution in [-0.2, 0) is 6.54 Å². The zero-order chi connectivity index (χ0) is 22.8. The number of anilines is 1. The molecule has 164 valence electrons. The number of fused-ring (bicyclic) bond motifs is 1. The molecule has 0 unspecified atom stereocenters. The van der Waals surface area contributed by atoms with Crippen LogP contribution in [0.5, 0.6) is 0 Å².